The first kappa shape index (κ1) is 12.6. The van der Waals surface area contributed by atoms with E-state index in [0.717, 1.165) is 31.3 Å². The van der Waals surface area contributed by atoms with E-state index in [1.54, 1.807) is 0 Å². The summed E-state index contributed by atoms with van der Waals surface area (Å²) in [5, 5.41) is 7.81. The maximum Gasteiger partial charge on any atom is 0.0524 e. The van der Waals surface area contributed by atoms with Crippen LogP contribution in [0.1, 0.15) is 50.5 Å². The van der Waals surface area contributed by atoms with Crippen LogP contribution < -0.4 is 5.32 Å². The van der Waals surface area contributed by atoms with Gasteiger partial charge in [-0.05, 0) is 50.3 Å². The molecule has 1 aliphatic rings. The molecule has 96 valence electrons. The molecule has 1 aromatic heterocycles. The van der Waals surface area contributed by atoms with Gasteiger partial charge >= 0.3 is 0 Å². The van der Waals surface area contributed by atoms with Crippen molar-refractivity contribution >= 4 is 0 Å². The molecule has 0 saturated heterocycles. The van der Waals surface area contributed by atoms with Crippen LogP contribution in [0.25, 0.3) is 0 Å². The lowest BCUT2D eigenvalue weighted by atomic mass is 9.76. The number of aromatic nitrogens is 2. The highest BCUT2D eigenvalue weighted by Crippen LogP contribution is 2.37. The van der Waals surface area contributed by atoms with Crippen LogP contribution in [-0.2, 0) is 6.54 Å². The Labute approximate surface area is 105 Å². The minimum absolute atomic E-state index is 0.724. The summed E-state index contributed by atoms with van der Waals surface area (Å²) in [6.07, 6.45) is 11.0. The lowest BCUT2D eigenvalue weighted by molar-refractivity contribution is 0.301. The average Bonchev–Trinajstić information content (AvgIpc) is 2.79. The molecule has 2 rings (SSSR count). The summed E-state index contributed by atoms with van der Waals surface area (Å²) < 4.78 is 2.10. The Morgan fingerprint density at radius 1 is 1.41 bits per heavy atom. The van der Waals surface area contributed by atoms with Crippen molar-refractivity contribution in [1.82, 2.24) is 15.1 Å². The van der Waals surface area contributed by atoms with E-state index < -0.39 is 0 Å². The first-order chi connectivity index (χ1) is 8.35. The summed E-state index contributed by atoms with van der Waals surface area (Å²) in [6, 6.07) is 0. The van der Waals surface area contributed by atoms with Crippen LogP contribution in [0, 0.1) is 5.92 Å². The molecular formula is C14H25N3. The molecule has 0 radical (unpaired) electrons. The van der Waals surface area contributed by atoms with Gasteiger partial charge in [0.1, 0.15) is 0 Å². The quantitative estimate of drug-likeness (QED) is 0.850. The van der Waals surface area contributed by atoms with Crippen molar-refractivity contribution in [2.45, 2.75) is 51.5 Å². The summed E-state index contributed by atoms with van der Waals surface area (Å²) in [5.41, 5.74) is 1.46. The molecule has 1 heterocycles. The number of rotatable bonds is 5. The lowest BCUT2D eigenvalue weighted by Gasteiger charge is -2.30. The summed E-state index contributed by atoms with van der Waals surface area (Å²) in [4.78, 5) is 0. The maximum absolute atomic E-state index is 4.47. The Morgan fingerprint density at radius 2 is 2.24 bits per heavy atom. The third kappa shape index (κ3) is 3.09. The van der Waals surface area contributed by atoms with E-state index in [2.05, 4.69) is 41.5 Å². The van der Waals surface area contributed by atoms with Gasteiger partial charge in [0.2, 0.25) is 0 Å². The topological polar surface area (TPSA) is 29.9 Å². The summed E-state index contributed by atoms with van der Waals surface area (Å²) in [7, 11) is 2.06. The zero-order valence-electron chi connectivity index (χ0n) is 11.2. The molecule has 1 fully saturated rings. The summed E-state index contributed by atoms with van der Waals surface area (Å²) in [6.45, 7) is 4.39. The predicted molar refractivity (Wildman–Crippen MR) is 71.1 cm³/mol. The number of nitrogens with one attached hydrogen (secondary N) is 1. The third-order valence-corrected chi connectivity index (χ3v) is 3.91. The number of nitrogens with zero attached hydrogens (tertiary/aromatic N) is 2. The van der Waals surface area contributed by atoms with E-state index in [0.29, 0.717) is 0 Å². The van der Waals surface area contributed by atoms with Crippen LogP contribution in [0.15, 0.2) is 12.4 Å². The normalized spacial score (nSPS) is 25.1. The van der Waals surface area contributed by atoms with Gasteiger partial charge in [0.25, 0.3) is 0 Å². The van der Waals surface area contributed by atoms with Gasteiger partial charge in [-0.25, -0.2) is 0 Å². The molecule has 3 heteroatoms. The lowest BCUT2D eigenvalue weighted by Crippen LogP contribution is -2.27. The van der Waals surface area contributed by atoms with Gasteiger partial charge < -0.3 is 5.32 Å². The van der Waals surface area contributed by atoms with E-state index in [-0.39, 0.29) is 0 Å². The Hall–Kier alpha value is -0.830. The molecule has 0 spiro atoms. The Bertz CT molecular complexity index is 330. The second-order valence-electron chi connectivity index (χ2n) is 5.25. The molecule has 1 aromatic rings. The van der Waals surface area contributed by atoms with Gasteiger partial charge in [-0.1, -0.05) is 19.8 Å². The van der Waals surface area contributed by atoms with Crippen molar-refractivity contribution in [1.29, 1.82) is 0 Å². The van der Waals surface area contributed by atoms with Crippen molar-refractivity contribution < 1.29 is 0 Å². The smallest absolute Gasteiger partial charge is 0.0524 e. The van der Waals surface area contributed by atoms with Crippen LogP contribution in [0.5, 0.6) is 0 Å². The monoisotopic (exact) mass is 235 g/mol. The summed E-state index contributed by atoms with van der Waals surface area (Å²) in [5.74, 6) is 1.52. The highest BCUT2D eigenvalue weighted by atomic mass is 15.3. The maximum atomic E-state index is 4.47. The number of hydrogen-bond acceptors (Lipinski definition) is 2. The fourth-order valence-electron chi connectivity index (χ4n) is 3.08. The van der Waals surface area contributed by atoms with Crippen molar-refractivity contribution in [2.75, 3.05) is 13.6 Å². The van der Waals surface area contributed by atoms with E-state index in [1.165, 1.54) is 31.2 Å². The molecule has 0 aliphatic heterocycles. The molecule has 2 unspecified atom stereocenters. The van der Waals surface area contributed by atoms with E-state index in [4.69, 9.17) is 0 Å². The van der Waals surface area contributed by atoms with Crippen LogP contribution in [0.2, 0.25) is 0 Å². The van der Waals surface area contributed by atoms with Gasteiger partial charge in [0.05, 0.1) is 6.20 Å². The first-order valence-corrected chi connectivity index (χ1v) is 7.02. The molecule has 0 aromatic carbocycles. The van der Waals surface area contributed by atoms with Crippen LogP contribution in [-0.4, -0.2) is 23.4 Å². The van der Waals surface area contributed by atoms with Gasteiger partial charge in [-0.15, -0.1) is 0 Å². The zero-order chi connectivity index (χ0) is 12.1. The highest BCUT2D eigenvalue weighted by molar-refractivity contribution is 5.14. The number of aryl methyl sites for hydroxylation is 1. The average molecular weight is 235 g/mol. The molecule has 3 nitrogen and oxygen atoms in total. The van der Waals surface area contributed by atoms with Crippen molar-refractivity contribution in [3.8, 4) is 0 Å². The minimum atomic E-state index is 0.724. The SMILES string of the molecule is CCCn1cc(C2CCCCC2CNC)cn1. The van der Waals surface area contributed by atoms with Crippen LogP contribution in [0.4, 0.5) is 0 Å². The van der Waals surface area contributed by atoms with Gasteiger partial charge in [0, 0.05) is 12.7 Å². The molecule has 0 bridgehead atoms. The minimum Gasteiger partial charge on any atom is -0.319 e. The molecule has 17 heavy (non-hydrogen) atoms. The van der Waals surface area contributed by atoms with Gasteiger partial charge in [-0.3, -0.25) is 4.68 Å². The van der Waals surface area contributed by atoms with E-state index in [1.807, 2.05) is 0 Å². The Kier molecular flexibility index (Phi) is 4.60. The Morgan fingerprint density at radius 3 is 3.00 bits per heavy atom. The highest BCUT2D eigenvalue weighted by Gasteiger charge is 2.26. The Balaban J connectivity index is 2.06. The van der Waals surface area contributed by atoms with Crippen molar-refractivity contribution in [3.63, 3.8) is 0 Å². The zero-order valence-corrected chi connectivity index (χ0v) is 11.2. The largest absolute Gasteiger partial charge is 0.319 e. The molecule has 0 amide bonds. The standard InChI is InChI=1S/C14H25N3/c1-3-8-17-11-13(10-16-17)14-7-5-4-6-12(14)9-15-2/h10-12,14-15H,3-9H2,1-2H3. The molecule has 1 aliphatic carbocycles. The molecular weight excluding hydrogens is 210 g/mol. The van der Waals surface area contributed by atoms with Gasteiger partial charge in [0.15, 0.2) is 0 Å². The predicted octanol–water partition coefficient (Wildman–Crippen LogP) is 2.79. The molecule has 1 saturated carbocycles. The van der Waals surface area contributed by atoms with Crippen LogP contribution in [0.3, 0.4) is 0 Å². The summed E-state index contributed by atoms with van der Waals surface area (Å²) >= 11 is 0. The number of hydrogen-bond donors (Lipinski definition) is 1. The fraction of sp³-hybridized carbons (Fsp3) is 0.786. The van der Waals surface area contributed by atoms with E-state index >= 15 is 0 Å². The fourth-order valence-corrected chi connectivity index (χ4v) is 3.08. The van der Waals surface area contributed by atoms with Crippen molar-refractivity contribution in [2.24, 2.45) is 5.92 Å². The van der Waals surface area contributed by atoms with E-state index in [9.17, 15) is 0 Å². The third-order valence-electron chi connectivity index (χ3n) is 3.91. The van der Waals surface area contributed by atoms with Gasteiger partial charge in [-0.2, -0.15) is 5.10 Å². The first-order valence-electron chi connectivity index (χ1n) is 7.02. The molecule has 1 N–H and O–H groups in total. The van der Waals surface area contributed by atoms with Crippen molar-refractivity contribution in [3.05, 3.63) is 18.0 Å². The van der Waals surface area contributed by atoms with Crippen LogP contribution >= 0.6 is 0 Å². The molecule has 2 atom stereocenters. The second kappa shape index (κ2) is 6.20. The second-order valence-corrected chi connectivity index (χ2v) is 5.25.